The molecule has 0 atom stereocenters. The molecular formula is C24H35N3O3. The fraction of sp³-hybridized carbons (Fsp3) is 0.583. The number of rotatable bonds is 6. The minimum atomic E-state index is -0.468. The van der Waals surface area contributed by atoms with Gasteiger partial charge in [-0.15, -0.1) is 0 Å². The minimum Gasteiger partial charge on any atom is -0.497 e. The van der Waals surface area contributed by atoms with E-state index in [-0.39, 0.29) is 5.57 Å². The number of benzene rings is 1. The molecule has 2 N–H and O–H groups in total. The average Bonchev–Trinajstić information content (AvgIpc) is 2.75. The Morgan fingerprint density at radius 3 is 2.13 bits per heavy atom. The topological polar surface area (TPSA) is 83.4 Å². The van der Waals surface area contributed by atoms with E-state index in [1.165, 1.54) is 64.9 Å². The van der Waals surface area contributed by atoms with E-state index in [4.69, 9.17) is 9.47 Å². The maximum atomic E-state index is 12.7. The third-order valence-corrected chi connectivity index (χ3v) is 5.59. The second kappa shape index (κ2) is 13.5. The van der Waals surface area contributed by atoms with Crippen molar-refractivity contribution in [1.29, 1.82) is 5.26 Å². The van der Waals surface area contributed by atoms with Gasteiger partial charge >= 0.3 is 0 Å². The van der Waals surface area contributed by atoms with Crippen molar-refractivity contribution < 1.29 is 14.3 Å². The van der Waals surface area contributed by atoms with Crippen LogP contribution in [-0.2, 0) is 4.79 Å². The minimum absolute atomic E-state index is 0.0472. The Hall–Kier alpha value is -2.68. The van der Waals surface area contributed by atoms with Crippen molar-refractivity contribution in [2.24, 2.45) is 0 Å². The van der Waals surface area contributed by atoms with Gasteiger partial charge in [-0.1, -0.05) is 57.8 Å². The number of hydrogen-bond acceptors (Lipinski definition) is 5. The molecule has 6 nitrogen and oxygen atoms in total. The van der Waals surface area contributed by atoms with Crippen LogP contribution in [-0.4, -0.2) is 26.2 Å². The molecule has 0 bridgehead atoms. The van der Waals surface area contributed by atoms with E-state index in [0.29, 0.717) is 23.2 Å². The molecule has 0 aromatic heterocycles. The van der Waals surface area contributed by atoms with E-state index in [2.05, 4.69) is 10.6 Å². The Morgan fingerprint density at radius 2 is 1.60 bits per heavy atom. The van der Waals surface area contributed by atoms with Crippen LogP contribution in [0.15, 0.2) is 30.0 Å². The highest BCUT2D eigenvalue weighted by atomic mass is 16.5. The van der Waals surface area contributed by atoms with E-state index in [0.717, 1.165) is 12.8 Å². The fourth-order valence-corrected chi connectivity index (χ4v) is 3.78. The van der Waals surface area contributed by atoms with Crippen LogP contribution in [0.4, 0.5) is 5.69 Å². The molecule has 1 aromatic carbocycles. The second-order valence-electron chi connectivity index (χ2n) is 7.81. The predicted molar refractivity (Wildman–Crippen MR) is 120 cm³/mol. The number of carbonyl (C=O) groups excluding carboxylic acids is 1. The number of carbonyl (C=O) groups is 1. The summed E-state index contributed by atoms with van der Waals surface area (Å²) in [5.41, 5.74) is 0.514. The summed E-state index contributed by atoms with van der Waals surface area (Å²) in [6.45, 7) is 0. The van der Waals surface area contributed by atoms with Crippen LogP contribution in [0.3, 0.4) is 0 Å². The van der Waals surface area contributed by atoms with Crippen LogP contribution in [0.5, 0.6) is 11.5 Å². The zero-order valence-electron chi connectivity index (χ0n) is 18.3. The maximum Gasteiger partial charge on any atom is 0.267 e. The summed E-state index contributed by atoms with van der Waals surface area (Å²) < 4.78 is 10.5. The fourth-order valence-electron chi connectivity index (χ4n) is 3.78. The average molecular weight is 414 g/mol. The van der Waals surface area contributed by atoms with E-state index in [1.807, 2.05) is 6.07 Å². The molecule has 1 aliphatic carbocycles. The molecule has 1 aliphatic rings. The Balaban J connectivity index is 2.00. The van der Waals surface area contributed by atoms with Crippen LogP contribution >= 0.6 is 0 Å². The number of hydrogen-bond donors (Lipinski definition) is 2. The highest BCUT2D eigenvalue weighted by Crippen LogP contribution is 2.29. The highest BCUT2D eigenvalue weighted by molar-refractivity contribution is 6.07. The lowest BCUT2D eigenvalue weighted by molar-refractivity contribution is -0.112. The summed E-state index contributed by atoms with van der Waals surface area (Å²) in [6.07, 6.45) is 15.2. The summed E-state index contributed by atoms with van der Waals surface area (Å²) in [7, 11) is 3.09. The summed E-state index contributed by atoms with van der Waals surface area (Å²) >= 11 is 0. The molecule has 0 aliphatic heterocycles. The van der Waals surface area contributed by atoms with Crippen molar-refractivity contribution in [3.8, 4) is 17.6 Å². The van der Waals surface area contributed by atoms with Gasteiger partial charge in [0.1, 0.15) is 23.1 Å². The lowest BCUT2D eigenvalue weighted by Gasteiger charge is -2.18. The van der Waals surface area contributed by atoms with Gasteiger partial charge in [0.05, 0.1) is 19.9 Å². The molecule has 1 saturated carbocycles. The number of amides is 1. The number of methoxy groups -OCH3 is 2. The highest BCUT2D eigenvalue weighted by Gasteiger charge is 2.15. The Labute approximate surface area is 180 Å². The zero-order chi connectivity index (χ0) is 21.6. The first-order valence-electron chi connectivity index (χ1n) is 11.1. The van der Waals surface area contributed by atoms with Gasteiger partial charge in [0.2, 0.25) is 0 Å². The van der Waals surface area contributed by atoms with Gasteiger partial charge < -0.3 is 20.1 Å². The summed E-state index contributed by atoms with van der Waals surface area (Å²) in [5.74, 6) is 0.637. The molecule has 30 heavy (non-hydrogen) atoms. The lowest BCUT2D eigenvalue weighted by atomic mass is 9.98. The first kappa shape index (κ1) is 23.6. The van der Waals surface area contributed by atoms with Gasteiger partial charge in [-0.05, 0) is 25.0 Å². The number of nitriles is 1. The predicted octanol–water partition coefficient (Wildman–Crippen LogP) is 5.31. The van der Waals surface area contributed by atoms with Crippen LogP contribution in [0, 0.1) is 11.3 Å². The monoisotopic (exact) mass is 413 g/mol. The van der Waals surface area contributed by atoms with E-state index in [9.17, 15) is 10.1 Å². The molecule has 0 saturated heterocycles. The molecule has 164 valence electrons. The van der Waals surface area contributed by atoms with E-state index < -0.39 is 5.91 Å². The summed E-state index contributed by atoms with van der Waals surface area (Å²) in [6, 6.07) is 7.45. The van der Waals surface area contributed by atoms with Crippen molar-refractivity contribution in [3.05, 3.63) is 30.0 Å². The Bertz CT molecular complexity index is 728. The van der Waals surface area contributed by atoms with Crippen LogP contribution in [0.1, 0.15) is 70.6 Å². The number of anilines is 1. The first-order valence-corrected chi connectivity index (χ1v) is 11.1. The number of nitrogens with one attached hydrogen (secondary N) is 2. The molecule has 0 unspecified atom stereocenters. The zero-order valence-corrected chi connectivity index (χ0v) is 18.3. The smallest absolute Gasteiger partial charge is 0.267 e. The van der Waals surface area contributed by atoms with Crippen molar-refractivity contribution in [1.82, 2.24) is 5.32 Å². The molecule has 1 fully saturated rings. The largest absolute Gasteiger partial charge is 0.497 e. The van der Waals surface area contributed by atoms with Crippen molar-refractivity contribution in [2.75, 3.05) is 19.5 Å². The van der Waals surface area contributed by atoms with Gasteiger partial charge in [0.15, 0.2) is 0 Å². The van der Waals surface area contributed by atoms with Gasteiger partial charge in [-0.3, -0.25) is 4.79 Å². The first-order chi connectivity index (χ1) is 14.7. The summed E-state index contributed by atoms with van der Waals surface area (Å²) in [4.78, 5) is 12.7. The molecule has 2 rings (SSSR count). The molecular weight excluding hydrogens is 378 g/mol. The molecule has 1 amide bonds. The van der Waals surface area contributed by atoms with E-state index in [1.54, 1.807) is 31.5 Å². The summed E-state index contributed by atoms with van der Waals surface area (Å²) in [5, 5.41) is 15.6. The van der Waals surface area contributed by atoms with Crippen LogP contribution in [0.2, 0.25) is 0 Å². The molecule has 6 heteroatoms. The quantitative estimate of drug-likeness (QED) is 0.487. The number of ether oxygens (including phenoxy) is 2. The van der Waals surface area contributed by atoms with Crippen LogP contribution in [0.25, 0.3) is 0 Å². The Kier molecular flexibility index (Phi) is 10.6. The van der Waals surface area contributed by atoms with Gasteiger partial charge in [0.25, 0.3) is 5.91 Å². The maximum absolute atomic E-state index is 12.7. The molecule has 0 heterocycles. The molecule has 0 radical (unpaired) electrons. The second-order valence-corrected chi connectivity index (χ2v) is 7.81. The SMILES string of the molecule is COc1ccc(OC)c(NC(=O)/C(C#N)=C\NC2CCCCCCCCCCC2)c1. The van der Waals surface area contributed by atoms with Crippen molar-refractivity contribution >= 4 is 11.6 Å². The van der Waals surface area contributed by atoms with Crippen LogP contribution < -0.4 is 20.1 Å². The van der Waals surface area contributed by atoms with E-state index >= 15 is 0 Å². The Morgan fingerprint density at radius 1 is 1.00 bits per heavy atom. The standard InChI is InChI=1S/C24H35N3O3/c1-29-21-14-15-23(30-2)22(16-21)27-24(28)19(17-25)18-26-20-12-10-8-6-4-3-5-7-9-11-13-20/h14-16,18,20,26H,3-13H2,1-2H3,(H,27,28)/b19-18-. The molecule has 0 spiro atoms. The number of nitrogens with zero attached hydrogens (tertiary/aromatic N) is 1. The normalized spacial score (nSPS) is 17.0. The van der Waals surface area contributed by atoms with Crippen molar-refractivity contribution in [3.63, 3.8) is 0 Å². The molecule has 1 aromatic rings. The third-order valence-electron chi connectivity index (χ3n) is 5.59. The van der Waals surface area contributed by atoms with Gasteiger partial charge in [-0.2, -0.15) is 5.26 Å². The third kappa shape index (κ3) is 7.98. The van der Waals surface area contributed by atoms with Gasteiger partial charge in [-0.25, -0.2) is 0 Å². The lowest BCUT2D eigenvalue weighted by Crippen LogP contribution is -2.26. The van der Waals surface area contributed by atoms with Gasteiger partial charge in [0, 0.05) is 18.3 Å². The van der Waals surface area contributed by atoms with Crippen molar-refractivity contribution in [2.45, 2.75) is 76.7 Å².